The van der Waals surface area contributed by atoms with Crippen LogP contribution in [0.25, 0.3) is 0 Å². The van der Waals surface area contributed by atoms with E-state index < -0.39 is 21.9 Å². The fourth-order valence-corrected chi connectivity index (χ4v) is 4.95. The second kappa shape index (κ2) is 9.73. The first kappa shape index (κ1) is 22.5. The fraction of sp³-hybridized carbons (Fsp3) is 0.364. The van der Waals surface area contributed by atoms with Gasteiger partial charge in [0.05, 0.1) is 10.8 Å². The molecule has 0 amide bonds. The average Bonchev–Trinajstić information content (AvgIpc) is 2.77. The molecule has 1 aliphatic rings. The van der Waals surface area contributed by atoms with Crippen molar-refractivity contribution < 1.29 is 22.7 Å². The van der Waals surface area contributed by atoms with Crippen molar-refractivity contribution in [2.75, 3.05) is 19.7 Å². The van der Waals surface area contributed by atoms with E-state index in [0.29, 0.717) is 23.4 Å². The van der Waals surface area contributed by atoms with E-state index in [9.17, 15) is 18.0 Å². The largest absolute Gasteiger partial charge is 0.457 e. The lowest BCUT2D eigenvalue weighted by Crippen LogP contribution is -2.40. The highest BCUT2D eigenvalue weighted by molar-refractivity contribution is 7.89. The summed E-state index contributed by atoms with van der Waals surface area (Å²) in [6, 6.07) is 13.2. The minimum absolute atomic E-state index is 0.174. The van der Waals surface area contributed by atoms with E-state index in [4.69, 9.17) is 16.3 Å². The highest BCUT2D eigenvalue weighted by atomic mass is 35.5. The molecule has 2 aromatic carbocycles. The highest BCUT2D eigenvalue weighted by Crippen LogP contribution is 2.25. The number of hydrogen-bond acceptors (Lipinski definition) is 5. The molecule has 0 atom stereocenters. The van der Waals surface area contributed by atoms with Gasteiger partial charge in [0.15, 0.2) is 12.4 Å². The highest BCUT2D eigenvalue weighted by Gasteiger charge is 2.33. The van der Waals surface area contributed by atoms with Crippen molar-refractivity contribution in [2.45, 2.75) is 31.1 Å². The van der Waals surface area contributed by atoms with Crippen LogP contribution in [0.3, 0.4) is 0 Å². The number of carbonyl (C=O) groups excluding carboxylic acids is 2. The quantitative estimate of drug-likeness (QED) is 0.475. The molecule has 3 rings (SSSR count). The molecule has 2 aromatic rings. The molecule has 6 nitrogen and oxygen atoms in total. The van der Waals surface area contributed by atoms with Crippen LogP contribution in [0, 0.1) is 5.92 Å². The molecule has 160 valence electrons. The Balaban J connectivity index is 1.51. The van der Waals surface area contributed by atoms with Gasteiger partial charge in [-0.2, -0.15) is 4.31 Å². The van der Waals surface area contributed by atoms with Crippen molar-refractivity contribution >= 4 is 33.4 Å². The summed E-state index contributed by atoms with van der Waals surface area (Å²) >= 11 is 5.82. The third-order valence-electron chi connectivity index (χ3n) is 5.27. The first-order valence-electron chi connectivity index (χ1n) is 9.85. The van der Waals surface area contributed by atoms with Gasteiger partial charge in [0.2, 0.25) is 10.0 Å². The summed E-state index contributed by atoms with van der Waals surface area (Å²) in [5.41, 5.74) is 1.63. The number of benzene rings is 2. The van der Waals surface area contributed by atoms with Crippen LogP contribution in [0.2, 0.25) is 5.02 Å². The molecular formula is C22H24ClNO5S. The van der Waals surface area contributed by atoms with Crippen LogP contribution in [0.5, 0.6) is 0 Å². The minimum Gasteiger partial charge on any atom is -0.457 e. The number of Topliss-reactive ketones (excluding diaryl/α,β-unsaturated/α-hetero) is 1. The zero-order chi connectivity index (χ0) is 21.7. The summed E-state index contributed by atoms with van der Waals surface area (Å²) in [7, 11) is -3.63. The van der Waals surface area contributed by atoms with E-state index in [1.54, 1.807) is 12.1 Å². The number of nitrogens with zero attached hydrogens (tertiary/aromatic N) is 1. The summed E-state index contributed by atoms with van der Waals surface area (Å²) in [5.74, 6) is -1.14. The number of sulfonamides is 1. The van der Waals surface area contributed by atoms with Gasteiger partial charge in [-0.05, 0) is 49.1 Å². The zero-order valence-electron chi connectivity index (χ0n) is 16.7. The van der Waals surface area contributed by atoms with Gasteiger partial charge in [0, 0.05) is 23.7 Å². The Morgan fingerprint density at radius 2 is 1.63 bits per heavy atom. The molecule has 1 heterocycles. The van der Waals surface area contributed by atoms with Gasteiger partial charge in [0.1, 0.15) is 0 Å². The van der Waals surface area contributed by atoms with Crippen molar-refractivity contribution in [2.24, 2.45) is 5.92 Å². The number of rotatable bonds is 7. The monoisotopic (exact) mass is 449 g/mol. The van der Waals surface area contributed by atoms with Gasteiger partial charge in [0.25, 0.3) is 0 Å². The van der Waals surface area contributed by atoms with E-state index in [2.05, 4.69) is 0 Å². The van der Waals surface area contributed by atoms with Crippen molar-refractivity contribution in [3.8, 4) is 0 Å². The van der Waals surface area contributed by atoms with Crippen LogP contribution >= 0.6 is 11.6 Å². The predicted octanol–water partition coefficient (Wildman–Crippen LogP) is 3.73. The number of carbonyl (C=O) groups is 2. The van der Waals surface area contributed by atoms with Crippen LogP contribution in [0.1, 0.15) is 35.7 Å². The topological polar surface area (TPSA) is 80.8 Å². The molecule has 0 aliphatic carbocycles. The second-order valence-electron chi connectivity index (χ2n) is 7.21. The zero-order valence-corrected chi connectivity index (χ0v) is 18.3. The van der Waals surface area contributed by atoms with Gasteiger partial charge in [-0.1, -0.05) is 42.8 Å². The Bertz CT molecular complexity index is 995. The SMILES string of the molecule is CCc1ccc(C(=O)COC(=O)C2CCN(S(=O)(=O)c3ccc(Cl)cc3)CC2)cc1. The lowest BCUT2D eigenvalue weighted by atomic mass is 9.98. The predicted molar refractivity (Wildman–Crippen MR) is 114 cm³/mol. The number of piperidine rings is 1. The summed E-state index contributed by atoms with van der Waals surface area (Å²) in [5, 5.41) is 0.464. The molecule has 1 saturated heterocycles. The summed E-state index contributed by atoms with van der Waals surface area (Å²) < 4.78 is 32.0. The Kier molecular flexibility index (Phi) is 7.28. The average molecular weight is 450 g/mol. The van der Waals surface area contributed by atoms with E-state index in [0.717, 1.165) is 12.0 Å². The first-order chi connectivity index (χ1) is 14.3. The molecule has 0 unspecified atom stereocenters. The maximum absolute atomic E-state index is 12.7. The summed E-state index contributed by atoms with van der Waals surface area (Å²) in [6.45, 7) is 2.16. The van der Waals surface area contributed by atoms with Gasteiger partial charge in [-0.3, -0.25) is 9.59 Å². The van der Waals surface area contributed by atoms with Crippen molar-refractivity contribution in [3.63, 3.8) is 0 Å². The Hall–Kier alpha value is -2.22. The smallest absolute Gasteiger partial charge is 0.309 e. The minimum atomic E-state index is -3.63. The molecule has 0 radical (unpaired) electrons. The number of ketones is 1. The van der Waals surface area contributed by atoms with Crippen molar-refractivity contribution in [1.82, 2.24) is 4.31 Å². The van der Waals surface area contributed by atoms with Crippen LogP contribution < -0.4 is 0 Å². The third kappa shape index (κ3) is 5.28. The van der Waals surface area contributed by atoms with E-state index >= 15 is 0 Å². The first-order valence-corrected chi connectivity index (χ1v) is 11.7. The van der Waals surface area contributed by atoms with E-state index in [1.807, 2.05) is 19.1 Å². The fourth-order valence-electron chi connectivity index (χ4n) is 3.35. The Morgan fingerprint density at radius 3 is 2.20 bits per heavy atom. The number of aryl methyl sites for hydroxylation is 1. The third-order valence-corrected chi connectivity index (χ3v) is 7.43. The number of hydrogen-bond donors (Lipinski definition) is 0. The molecule has 30 heavy (non-hydrogen) atoms. The van der Waals surface area contributed by atoms with Gasteiger partial charge in [-0.25, -0.2) is 8.42 Å². The van der Waals surface area contributed by atoms with Crippen LogP contribution in [-0.4, -0.2) is 44.2 Å². The van der Waals surface area contributed by atoms with Crippen LogP contribution in [0.4, 0.5) is 0 Å². The number of ether oxygens (including phenoxy) is 1. The number of esters is 1. The van der Waals surface area contributed by atoms with Crippen LogP contribution in [-0.2, 0) is 26.0 Å². The maximum atomic E-state index is 12.7. The molecule has 1 fully saturated rings. The van der Waals surface area contributed by atoms with Crippen molar-refractivity contribution in [1.29, 1.82) is 0 Å². The van der Waals surface area contributed by atoms with Crippen LogP contribution in [0.15, 0.2) is 53.4 Å². The normalized spacial score (nSPS) is 15.7. The molecular weight excluding hydrogens is 426 g/mol. The van der Waals surface area contributed by atoms with Gasteiger partial charge >= 0.3 is 5.97 Å². The van der Waals surface area contributed by atoms with Gasteiger partial charge < -0.3 is 4.74 Å². The van der Waals surface area contributed by atoms with Gasteiger partial charge in [-0.15, -0.1) is 0 Å². The molecule has 0 N–H and O–H groups in total. The van der Waals surface area contributed by atoms with E-state index in [1.165, 1.54) is 28.6 Å². The molecule has 0 bridgehead atoms. The molecule has 0 aromatic heterocycles. The molecule has 0 spiro atoms. The maximum Gasteiger partial charge on any atom is 0.309 e. The lowest BCUT2D eigenvalue weighted by molar-refractivity contribution is -0.148. The Labute approximate surface area is 181 Å². The number of halogens is 1. The van der Waals surface area contributed by atoms with E-state index in [-0.39, 0.29) is 30.4 Å². The standard InChI is InChI=1S/C22H24ClNO5S/c1-2-16-3-5-17(6-4-16)21(25)15-29-22(26)18-11-13-24(14-12-18)30(27,28)20-9-7-19(23)8-10-20/h3-10,18H,2,11-15H2,1H3. The van der Waals surface area contributed by atoms with Crippen molar-refractivity contribution in [3.05, 3.63) is 64.7 Å². The Morgan fingerprint density at radius 1 is 1.03 bits per heavy atom. The molecule has 0 saturated carbocycles. The summed E-state index contributed by atoms with van der Waals surface area (Å²) in [4.78, 5) is 24.7. The lowest BCUT2D eigenvalue weighted by Gasteiger charge is -2.30. The molecule has 8 heteroatoms. The second-order valence-corrected chi connectivity index (χ2v) is 9.59. The molecule has 1 aliphatic heterocycles. The summed E-state index contributed by atoms with van der Waals surface area (Å²) in [6.07, 6.45) is 1.59.